The molecular formula is C14H19NO2. The van der Waals surface area contributed by atoms with Crippen molar-refractivity contribution in [3.05, 3.63) is 29.8 Å². The molecule has 0 aliphatic carbocycles. The van der Waals surface area contributed by atoms with Crippen LogP contribution in [0, 0.1) is 0 Å². The van der Waals surface area contributed by atoms with E-state index in [0.717, 1.165) is 37.2 Å². The normalized spacial score (nSPS) is 19.2. The van der Waals surface area contributed by atoms with E-state index < -0.39 is 0 Å². The molecule has 0 amide bonds. The van der Waals surface area contributed by atoms with Gasteiger partial charge in [-0.15, -0.1) is 0 Å². The summed E-state index contributed by atoms with van der Waals surface area (Å²) in [6.07, 6.45) is 3.20. The highest BCUT2D eigenvalue weighted by Crippen LogP contribution is 2.15. The van der Waals surface area contributed by atoms with E-state index in [2.05, 4.69) is 5.32 Å². The Morgan fingerprint density at radius 1 is 1.41 bits per heavy atom. The number of rotatable bonds is 5. The highest BCUT2D eigenvalue weighted by atomic mass is 16.5. The van der Waals surface area contributed by atoms with Crippen molar-refractivity contribution in [2.75, 3.05) is 18.5 Å². The van der Waals surface area contributed by atoms with Crippen molar-refractivity contribution in [1.82, 2.24) is 0 Å². The molecule has 1 fully saturated rings. The lowest BCUT2D eigenvalue weighted by molar-refractivity contribution is 0.0988. The summed E-state index contributed by atoms with van der Waals surface area (Å²) in [5, 5.41) is 3.33. The molecular weight excluding hydrogens is 214 g/mol. The lowest BCUT2D eigenvalue weighted by Gasteiger charge is -2.12. The van der Waals surface area contributed by atoms with Crippen LogP contribution in [0.4, 0.5) is 5.69 Å². The van der Waals surface area contributed by atoms with E-state index >= 15 is 0 Å². The second-order valence-corrected chi connectivity index (χ2v) is 4.37. The molecule has 0 spiro atoms. The topological polar surface area (TPSA) is 38.3 Å². The average molecular weight is 233 g/mol. The van der Waals surface area contributed by atoms with E-state index in [-0.39, 0.29) is 5.78 Å². The number of carbonyl (C=O) groups is 1. The summed E-state index contributed by atoms with van der Waals surface area (Å²) in [5.41, 5.74) is 1.84. The molecule has 0 aromatic heterocycles. The summed E-state index contributed by atoms with van der Waals surface area (Å²) in [6.45, 7) is 3.61. The SMILES string of the molecule is CCC(=O)c1ccc(NCC2CCCO2)cc1. The zero-order valence-corrected chi connectivity index (χ0v) is 10.2. The van der Waals surface area contributed by atoms with Gasteiger partial charge in [-0.3, -0.25) is 4.79 Å². The minimum atomic E-state index is 0.190. The number of nitrogens with one attached hydrogen (secondary N) is 1. The van der Waals surface area contributed by atoms with Gasteiger partial charge in [-0.05, 0) is 37.1 Å². The number of benzene rings is 1. The van der Waals surface area contributed by atoms with Crippen LogP contribution in [0.15, 0.2) is 24.3 Å². The Balaban J connectivity index is 1.87. The Morgan fingerprint density at radius 3 is 2.76 bits per heavy atom. The smallest absolute Gasteiger partial charge is 0.162 e. The molecule has 2 rings (SSSR count). The number of hydrogen-bond acceptors (Lipinski definition) is 3. The minimum absolute atomic E-state index is 0.190. The first-order chi connectivity index (χ1) is 8.29. The van der Waals surface area contributed by atoms with E-state index in [1.165, 1.54) is 0 Å². The molecule has 1 aliphatic rings. The van der Waals surface area contributed by atoms with Crippen LogP contribution >= 0.6 is 0 Å². The van der Waals surface area contributed by atoms with Gasteiger partial charge in [-0.1, -0.05) is 6.92 Å². The fourth-order valence-corrected chi connectivity index (χ4v) is 2.02. The molecule has 0 radical (unpaired) electrons. The van der Waals surface area contributed by atoms with Crippen LogP contribution in [0.1, 0.15) is 36.5 Å². The van der Waals surface area contributed by atoms with E-state index in [4.69, 9.17) is 4.74 Å². The fraction of sp³-hybridized carbons (Fsp3) is 0.500. The second kappa shape index (κ2) is 5.82. The van der Waals surface area contributed by atoms with E-state index in [1.54, 1.807) is 0 Å². The van der Waals surface area contributed by atoms with Crippen molar-refractivity contribution in [2.45, 2.75) is 32.3 Å². The third-order valence-electron chi connectivity index (χ3n) is 3.09. The molecule has 1 unspecified atom stereocenters. The standard InChI is InChI=1S/C14H19NO2/c1-2-14(16)11-5-7-12(8-6-11)15-10-13-4-3-9-17-13/h5-8,13,15H,2-4,9-10H2,1H3. The minimum Gasteiger partial charge on any atom is -0.382 e. The van der Waals surface area contributed by atoms with Crippen molar-refractivity contribution >= 4 is 11.5 Å². The van der Waals surface area contributed by atoms with Crippen molar-refractivity contribution in [1.29, 1.82) is 0 Å². The van der Waals surface area contributed by atoms with E-state index in [0.29, 0.717) is 12.5 Å². The first kappa shape index (κ1) is 12.1. The lowest BCUT2D eigenvalue weighted by atomic mass is 10.1. The van der Waals surface area contributed by atoms with Crippen molar-refractivity contribution in [2.24, 2.45) is 0 Å². The Kier molecular flexibility index (Phi) is 4.15. The molecule has 17 heavy (non-hydrogen) atoms. The number of Topliss-reactive ketones (excluding diaryl/α,β-unsaturated/α-hetero) is 1. The van der Waals surface area contributed by atoms with Crippen molar-refractivity contribution in [3.63, 3.8) is 0 Å². The number of carbonyl (C=O) groups excluding carboxylic acids is 1. The van der Waals surface area contributed by atoms with E-state index in [9.17, 15) is 4.79 Å². The molecule has 92 valence electrons. The Labute approximate surface area is 102 Å². The van der Waals surface area contributed by atoms with Gasteiger partial charge in [-0.2, -0.15) is 0 Å². The monoisotopic (exact) mass is 233 g/mol. The third kappa shape index (κ3) is 3.30. The summed E-state index contributed by atoms with van der Waals surface area (Å²) in [7, 11) is 0. The fourth-order valence-electron chi connectivity index (χ4n) is 2.02. The quantitative estimate of drug-likeness (QED) is 0.795. The summed E-state index contributed by atoms with van der Waals surface area (Å²) < 4.78 is 5.54. The van der Waals surface area contributed by atoms with Crippen LogP contribution in [-0.4, -0.2) is 25.0 Å². The Bertz CT molecular complexity index is 366. The molecule has 1 N–H and O–H groups in total. The van der Waals surface area contributed by atoms with Gasteiger partial charge in [0.25, 0.3) is 0 Å². The summed E-state index contributed by atoms with van der Waals surface area (Å²) >= 11 is 0. The van der Waals surface area contributed by atoms with Crippen molar-refractivity contribution in [3.8, 4) is 0 Å². The van der Waals surface area contributed by atoms with Gasteiger partial charge in [-0.25, -0.2) is 0 Å². The largest absolute Gasteiger partial charge is 0.382 e. The summed E-state index contributed by atoms with van der Waals surface area (Å²) in [5.74, 6) is 0.190. The third-order valence-corrected chi connectivity index (χ3v) is 3.09. The van der Waals surface area contributed by atoms with Crippen LogP contribution < -0.4 is 5.32 Å². The zero-order valence-electron chi connectivity index (χ0n) is 10.2. The first-order valence-corrected chi connectivity index (χ1v) is 6.28. The van der Waals surface area contributed by atoms with E-state index in [1.807, 2.05) is 31.2 Å². The maximum absolute atomic E-state index is 11.5. The first-order valence-electron chi connectivity index (χ1n) is 6.28. The summed E-state index contributed by atoms with van der Waals surface area (Å²) in [4.78, 5) is 11.5. The second-order valence-electron chi connectivity index (χ2n) is 4.37. The van der Waals surface area contributed by atoms with Crippen LogP contribution in [0.5, 0.6) is 0 Å². The molecule has 1 aliphatic heterocycles. The number of ether oxygens (including phenoxy) is 1. The van der Waals surface area contributed by atoms with Crippen molar-refractivity contribution < 1.29 is 9.53 Å². The Morgan fingerprint density at radius 2 is 2.18 bits per heavy atom. The molecule has 1 aromatic carbocycles. The summed E-state index contributed by atoms with van der Waals surface area (Å²) in [6, 6.07) is 7.67. The number of anilines is 1. The van der Waals surface area contributed by atoms with Gasteiger partial charge < -0.3 is 10.1 Å². The molecule has 1 atom stereocenters. The molecule has 0 bridgehead atoms. The van der Waals surface area contributed by atoms with Gasteiger partial charge in [0.1, 0.15) is 0 Å². The number of ketones is 1. The maximum Gasteiger partial charge on any atom is 0.162 e. The lowest BCUT2D eigenvalue weighted by Crippen LogP contribution is -2.18. The van der Waals surface area contributed by atoms with Gasteiger partial charge in [0, 0.05) is 30.8 Å². The van der Waals surface area contributed by atoms with Gasteiger partial charge in [0.05, 0.1) is 6.10 Å². The average Bonchev–Trinajstić information content (AvgIpc) is 2.89. The Hall–Kier alpha value is -1.35. The highest BCUT2D eigenvalue weighted by molar-refractivity contribution is 5.96. The van der Waals surface area contributed by atoms with Crippen LogP contribution in [0.25, 0.3) is 0 Å². The van der Waals surface area contributed by atoms with Crippen LogP contribution in [-0.2, 0) is 4.74 Å². The van der Waals surface area contributed by atoms with Crippen LogP contribution in [0.3, 0.4) is 0 Å². The predicted molar refractivity (Wildman–Crippen MR) is 68.5 cm³/mol. The molecule has 1 aromatic rings. The van der Waals surface area contributed by atoms with Gasteiger partial charge >= 0.3 is 0 Å². The molecule has 1 saturated heterocycles. The number of hydrogen-bond donors (Lipinski definition) is 1. The predicted octanol–water partition coefficient (Wildman–Crippen LogP) is 2.87. The molecule has 0 saturated carbocycles. The maximum atomic E-state index is 11.5. The molecule has 1 heterocycles. The van der Waals surface area contributed by atoms with Gasteiger partial charge in [0.15, 0.2) is 5.78 Å². The highest BCUT2D eigenvalue weighted by Gasteiger charge is 2.14. The van der Waals surface area contributed by atoms with Crippen LogP contribution in [0.2, 0.25) is 0 Å². The zero-order chi connectivity index (χ0) is 12.1. The molecule has 3 nitrogen and oxygen atoms in total. The molecule has 3 heteroatoms. The van der Waals surface area contributed by atoms with Gasteiger partial charge in [0.2, 0.25) is 0 Å².